The molecule has 1 N–H and O–H groups in total. The molecular weight excluding hydrogens is 479 g/mol. The number of amides is 1. The fourth-order valence-corrected chi connectivity index (χ4v) is 6.37. The van der Waals surface area contributed by atoms with Gasteiger partial charge in [0.1, 0.15) is 10.7 Å². The molecule has 0 aliphatic carbocycles. The average molecular weight is 497 g/mol. The van der Waals surface area contributed by atoms with Crippen LogP contribution in [0.2, 0.25) is 5.02 Å². The Morgan fingerprint density at radius 2 is 1.91 bits per heavy atom. The molecule has 1 amide bonds. The van der Waals surface area contributed by atoms with E-state index in [0.29, 0.717) is 23.2 Å². The maximum Gasteiger partial charge on any atom is 0.350 e. The Bertz CT molecular complexity index is 1300. The fourth-order valence-electron chi connectivity index (χ4n) is 3.38. The minimum absolute atomic E-state index is 0.0683. The van der Waals surface area contributed by atoms with Crippen molar-refractivity contribution in [3.05, 3.63) is 58.2 Å². The lowest BCUT2D eigenvalue weighted by molar-refractivity contribution is -0.119. The second kappa shape index (κ2) is 9.14. The summed E-state index contributed by atoms with van der Waals surface area (Å²) in [6.07, 6.45) is 1.64. The van der Waals surface area contributed by atoms with Crippen LogP contribution in [-0.2, 0) is 19.6 Å². The van der Waals surface area contributed by atoms with Crippen LogP contribution in [0.3, 0.4) is 0 Å². The van der Waals surface area contributed by atoms with Crippen LogP contribution in [-0.4, -0.2) is 44.3 Å². The van der Waals surface area contributed by atoms with Gasteiger partial charge < -0.3 is 10.1 Å². The standard InChI is InChI=1S/C21H18ClFN2O5S2/c22-19-16-7-6-13(23)10-17(16)31-20(19)21(27)30-12-18(26)24-14-4-3-5-15(11-14)32(28,29)25-8-1-2-9-25/h3-7,10-11H,1-2,8-9,12H2,(H,24,26). The highest BCUT2D eigenvalue weighted by Crippen LogP contribution is 2.36. The molecule has 0 radical (unpaired) electrons. The van der Waals surface area contributed by atoms with Gasteiger partial charge in [-0.1, -0.05) is 17.7 Å². The van der Waals surface area contributed by atoms with Gasteiger partial charge in [0.2, 0.25) is 10.0 Å². The van der Waals surface area contributed by atoms with Crippen molar-refractivity contribution in [3.63, 3.8) is 0 Å². The monoisotopic (exact) mass is 496 g/mol. The molecule has 32 heavy (non-hydrogen) atoms. The Morgan fingerprint density at radius 1 is 1.16 bits per heavy atom. The van der Waals surface area contributed by atoms with E-state index in [-0.39, 0.29) is 20.5 Å². The van der Waals surface area contributed by atoms with Crippen LogP contribution in [0.5, 0.6) is 0 Å². The first-order valence-corrected chi connectivity index (χ1v) is 12.3. The number of rotatable bonds is 6. The van der Waals surface area contributed by atoms with Crippen LogP contribution < -0.4 is 5.32 Å². The largest absolute Gasteiger partial charge is 0.451 e. The quantitative estimate of drug-likeness (QED) is 0.514. The summed E-state index contributed by atoms with van der Waals surface area (Å²) >= 11 is 7.16. The number of carbonyl (C=O) groups is 2. The number of carbonyl (C=O) groups excluding carboxylic acids is 2. The van der Waals surface area contributed by atoms with Gasteiger partial charge in [0.15, 0.2) is 6.61 Å². The van der Waals surface area contributed by atoms with Gasteiger partial charge >= 0.3 is 5.97 Å². The number of fused-ring (bicyclic) bond motifs is 1. The maximum absolute atomic E-state index is 13.4. The molecule has 0 atom stereocenters. The summed E-state index contributed by atoms with van der Waals surface area (Å²) in [5, 5.41) is 3.18. The molecular formula is C21H18ClFN2O5S2. The van der Waals surface area contributed by atoms with Crippen molar-refractivity contribution in [1.82, 2.24) is 4.31 Å². The Kier molecular flexibility index (Phi) is 6.47. The lowest BCUT2D eigenvalue weighted by Crippen LogP contribution is -2.28. The summed E-state index contributed by atoms with van der Waals surface area (Å²) in [6.45, 7) is 0.352. The minimum atomic E-state index is -3.62. The van der Waals surface area contributed by atoms with E-state index >= 15 is 0 Å². The lowest BCUT2D eigenvalue weighted by Gasteiger charge is -2.16. The van der Waals surface area contributed by atoms with Gasteiger partial charge in [-0.3, -0.25) is 4.79 Å². The van der Waals surface area contributed by atoms with Gasteiger partial charge in [0, 0.05) is 28.9 Å². The van der Waals surface area contributed by atoms with Crippen molar-refractivity contribution >= 4 is 60.6 Å². The predicted molar refractivity (Wildman–Crippen MR) is 120 cm³/mol. The molecule has 3 aromatic rings. The van der Waals surface area contributed by atoms with Gasteiger partial charge in [-0.05, 0) is 49.2 Å². The zero-order chi connectivity index (χ0) is 22.9. The Labute approximate surface area is 192 Å². The summed E-state index contributed by atoms with van der Waals surface area (Å²) in [5.74, 6) is -1.90. The Hall–Kier alpha value is -2.53. The van der Waals surface area contributed by atoms with Crippen LogP contribution in [0.25, 0.3) is 10.1 Å². The molecule has 1 saturated heterocycles. The number of anilines is 1. The molecule has 2 aromatic carbocycles. The zero-order valence-electron chi connectivity index (χ0n) is 16.6. The van der Waals surface area contributed by atoms with Crippen LogP contribution in [0.1, 0.15) is 22.5 Å². The highest BCUT2D eigenvalue weighted by atomic mass is 35.5. The molecule has 2 heterocycles. The average Bonchev–Trinajstić information content (AvgIpc) is 3.41. The Morgan fingerprint density at radius 3 is 2.66 bits per heavy atom. The first kappa shape index (κ1) is 22.7. The third-order valence-electron chi connectivity index (χ3n) is 4.93. The highest BCUT2D eigenvalue weighted by Gasteiger charge is 2.27. The normalized spacial score (nSPS) is 14.6. The van der Waals surface area contributed by atoms with Crippen LogP contribution in [0.4, 0.5) is 10.1 Å². The molecule has 7 nitrogen and oxygen atoms in total. The molecule has 1 aliphatic heterocycles. The number of halogens is 2. The van der Waals surface area contributed by atoms with Crippen molar-refractivity contribution in [2.24, 2.45) is 0 Å². The van der Waals surface area contributed by atoms with Crippen LogP contribution in [0.15, 0.2) is 47.4 Å². The van der Waals surface area contributed by atoms with Crippen molar-refractivity contribution in [2.45, 2.75) is 17.7 Å². The number of ether oxygens (including phenoxy) is 1. The van der Waals surface area contributed by atoms with E-state index in [1.165, 1.54) is 40.7 Å². The van der Waals surface area contributed by atoms with E-state index < -0.39 is 34.3 Å². The number of hydrogen-bond acceptors (Lipinski definition) is 6. The number of thiophene rings is 1. The van der Waals surface area contributed by atoms with Crippen molar-refractivity contribution in [3.8, 4) is 0 Å². The van der Waals surface area contributed by atoms with Gasteiger partial charge in [0.05, 0.1) is 9.92 Å². The number of nitrogens with one attached hydrogen (secondary N) is 1. The van der Waals surface area contributed by atoms with Crippen molar-refractivity contribution in [1.29, 1.82) is 0 Å². The summed E-state index contributed by atoms with van der Waals surface area (Å²) in [7, 11) is -3.62. The van der Waals surface area contributed by atoms with E-state index in [0.717, 1.165) is 24.2 Å². The first-order chi connectivity index (χ1) is 15.3. The van der Waals surface area contributed by atoms with Gasteiger partial charge in [-0.2, -0.15) is 4.31 Å². The second-order valence-electron chi connectivity index (χ2n) is 7.15. The molecule has 168 valence electrons. The maximum atomic E-state index is 13.4. The topological polar surface area (TPSA) is 92.8 Å². The van der Waals surface area contributed by atoms with Crippen LogP contribution >= 0.6 is 22.9 Å². The van der Waals surface area contributed by atoms with Gasteiger partial charge in [0.25, 0.3) is 5.91 Å². The summed E-state index contributed by atoms with van der Waals surface area (Å²) in [4.78, 5) is 24.7. The molecule has 4 rings (SSSR count). The number of nitrogens with zero attached hydrogens (tertiary/aromatic N) is 1. The van der Waals surface area contributed by atoms with Crippen molar-refractivity contribution in [2.75, 3.05) is 25.0 Å². The highest BCUT2D eigenvalue weighted by molar-refractivity contribution is 7.89. The molecule has 1 aliphatic rings. The summed E-state index contributed by atoms with van der Waals surface area (Å²) in [5.41, 5.74) is 0.265. The Balaban J connectivity index is 1.40. The number of hydrogen-bond donors (Lipinski definition) is 1. The van der Waals surface area contributed by atoms with E-state index in [2.05, 4.69) is 5.32 Å². The predicted octanol–water partition coefficient (Wildman–Crippen LogP) is 4.27. The SMILES string of the molecule is O=C(COC(=O)c1sc2cc(F)ccc2c1Cl)Nc1cccc(S(=O)(=O)N2CCCC2)c1. The van der Waals surface area contributed by atoms with Crippen molar-refractivity contribution < 1.29 is 27.1 Å². The summed E-state index contributed by atoms with van der Waals surface area (Å²) in [6, 6.07) is 9.87. The third-order valence-corrected chi connectivity index (χ3v) is 8.46. The number of benzene rings is 2. The van der Waals surface area contributed by atoms with E-state index in [9.17, 15) is 22.4 Å². The minimum Gasteiger partial charge on any atom is -0.451 e. The zero-order valence-corrected chi connectivity index (χ0v) is 19.0. The summed E-state index contributed by atoms with van der Waals surface area (Å²) < 4.78 is 45.7. The molecule has 1 aromatic heterocycles. The third kappa shape index (κ3) is 4.63. The molecule has 0 unspecified atom stereocenters. The smallest absolute Gasteiger partial charge is 0.350 e. The second-order valence-corrected chi connectivity index (χ2v) is 10.5. The van der Waals surface area contributed by atoms with Gasteiger partial charge in [-0.15, -0.1) is 11.3 Å². The lowest BCUT2D eigenvalue weighted by atomic mass is 10.2. The number of esters is 1. The van der Waals surface area contributed by atoms with E-state index in [4.69, 9.17) is 16.3 Å². The molecule has 0 spiro atoms. The molecule has 1 fully saturated rings. The van der Waals surface area contributed by atoms with E-state index in [1.807, 2.05) is 0 Å². The first-order valence-electron chi connectivity index (χ1n) is 9.70. The molecule has 11 heteroatoms. The van der Waals surface area contributed by atoms with Gasteiger partial charge in [-0.25, -0.2) is 17.6 Å². The molecule has 0 bridgehead atoms. The fraction of sp³-hybridized carbons (Fsp3) is 0.238. The number of sulfonamides is 1. The van der Waals surface area contributed by atoms with E-state index in [1.54, 1.807) is 6.07 Å². The van der Waals surface area contributed by atoms with Crippen LogP contribution in [0, 0.1) is 5.82 Å². The molecule has 0 saturated carbocycles.